The van der Waals surface area contributed by atoms with Crippen LogP contribution < -0.4 is 4.74 Å². The Labute approximate surface area is 167 Å². The van der Waals surface area contributed by atoms with Crippen molar-refractivity contribution in [1.29, 1.82) is 0 Å². The molecule has 0 bridgehead atoms. The highest BCUT2D eigenvalue weighted by Crippen LogP contribution is 2.44. The van der Waals surface area contributed by atoms with Crippen LogP contribution in [0, 0.1) is 0 Å². The van der Waals surface area contributed by atoms with E-state index < -0.39 is 0 Å². The summed E-state index contributed by atoms with van der Waals surface area (Å²) in [7, 11) is 2.23. The van der Waals surface area contributed by atoms with E-state index in [1.807, 2.05) is 11.8 Å². The van der Waals surface area contributed by atoms with E-state index >= 15 is 0 Å². The molecule has 1 atom stereocenters. The van der Waals surface area contributed by atoms with E-state index in [2.05, 4.69) is 66.2 Å². The molecule has 3 nitrogen and oxygen atoms in total. The molecule has 4 rings (SSSR count). The summed E-state index contributed by atoms with van der Waals surface area (Å²) in [6.07, 6.45) is 3.36. The third-order valence-corrected chi connectivity index (χ3v) is 6.90. The van der Waals surface area contributed by atoms with Crippen molar-refractivity contribution < 1.29 is 4.74 Å². The molecule has 0 N–H and O–H groups in total. The number of hydrogen-bond donors (Lipinski definition) is 0. The zero-order valence-corrected chi connectivity index (χ0v) is 17.3. The van der Waals surface area contributed by atoms with Crippen molar-refractivity contribution in [2.75, 3.05) is 39.8 Å². The second-order valence-electron chi connectivity index (χ2n) is 7.67. The molecule has 27 heavy (non-hydrogen) atoms. The maximum absolute atomic E-state index is 6.05. The number of ether oxygens (including phenoxy) is 1. The molecular weight excluding hydrogens is 352 g/mol. The van der Waals surface area contributed by atoms with Crippen LogP contribution in [0.25, 0.3) is 0 Å². The second kappa shape index (κ2) is 8.68. The van der Waals surface area contributed by atoms with Gasteiger partial charge in [0.15, 0.2) is 0 Å². The van der Waals surface area contributed by atoms with E-state index in [9.17, 15) is 0 Å². The number of rotatable bonds is 5. The van der Waals surface area contributed by atoms with Crippen molar-refractivity contribution in [2.45, 2.75) is 42.0 Å². The Hall–Kier alpha value is -1.49. The van der Waals surface area contributed by atoms with Crippen LogP contribution in [0.4, 0.5) is 0 Å². The lowest BCUT2D eigenvalue weighted by molar-refractivity contribution is 0.109. The number of unbranched alkanes of at least 4 members (excludes halogenated alkanes) is 1. The molecule has 1 fully saturated rings. The first-order valence-corrected chi connectivity index (χ1v) is 11.0. The number of nitrogens with zero attached hydrogens (tertiary/aromatic N) is 2. The number of fused-ring (bicyclic) bond motifs is 2. The number of likely N-dealkylation sites (N-methyl/N-ethyl adjacent to an activating group) is 1. The van der Waals surface area contributed by atoms with E-state index in [-0.39, 0.29) is 0 Å². The van der Waals surface area contributed by atoms with Crippen molar-refractivity contribution >= 4 is 11.8 Å². The van der Waals surface area contributed by atoms with E-state index in [0.717, 1.165) is 51.4 Å². The number of benzene rings is 2. The van der Waals surface area contributed by atoms with Crippen LogP contribution in [-0.4, -0.2) is 49.6 Å². The van der Waals surface area contributed by atoms with E-state index in [1.165, 1.54) is 27.3 Å². The Kier molecular flexibility index (Phi) is 6.06. The standard InChI is InChI=1S/C23H30N2OS/c1-3-4-15-26-19-9-10-23-20(17-19)21(25-13-11-24(2)12-14-25)16-18-7-5-6-8-22(18)27-23/h5-10,17,21H,3-4,11-16H2,1-2H3. The van der Waals surface area contributed by atoms with Crippen LogP contribution in [0.3, 0.4) is 0 Å². The molecule has 0 aliphatic carbocycles. The van der Waals surface area contributed by atoms with E-state index in [4.69, 9.17) is 4.74 Å². The molecule has 0 saturated carbocycles. The first kappa shape index (κ1) is 18.9. The van der Waals surface area contributed by atoms with Gasteiger partial charge in [0, 0.05) is 42.0 Å². The Morgan fingerprint density at radius 1 is 1.04 bits per heavy atom. The highest BCUT2D eigenvalue weighted by atomic mass is 32.2. The molecule has 0 aromatic heterocycles. The second-order valence-corrected chi connectivity index (χ2v) is 8.75. The Morgan fingerprint density at radius 3 is 2.67 bits per heavy atom. The Morgan fingerprint density at radius 2 is 1.85 bits per heavy atom. The Bertz CT molecular complexity index is 771. The van der Waals surface area contributed by atoms with Crippen LogP contribution in [0.1, 0.15) is 36.9 Å². The van der Waals surface area contributed by atoms with Gasteiger partial charge < -0.3 is 9.64 Å². The lowest BCUT2D eigenvalue weighted by Gasteiger charge is -2.38. The molecule has 0 spiro atoms. The number of piperazine rings is 1. The molecule has 2 aliphatic rings. The van der Waals surface area contributed by atoms with Crippen LogP contribution in [0.5, 0.6) is 5.75 Å². The molecule has 1 unspecified atom stereocenters. The van der Waals surface area contributed by atoms with Crippen LogP contribution in [-0.2, 0) is 6.42 Å². The van der Waals surface area contributed by atoms with Gasteiger partial charge in [0.2, 0.25) is 0 Å². The Balaban J connectivity index is 1.67. The van der Waals surface area contributed by atoms with Crippen molar-refractivity contribution in [2.24, 2.45) is 0 Å². The molecule has 2 heterocycles. The fourth-order valence-electron chi connectivity index (χ4n) is 3.97. The summed E-state index contributed by atoms with van der Waals surface area (Å²) in [5.74, 6) is 1.02. The largest absolute Gasteiger partial charge is 0.494 e. The van der Waals surface area contributed by atoms with Crippen molar-refractivity contribution in [3.05, 3.63) is 53.6 Å². The predicted octanol–water partition coefficient (Wildman–Crippen LogP) is 4.86. The highest BCUT2D eigenvalue weighted by molar-refractivity contribution is 7.99. The van der Waals surface area contributed by atoms with Crippen molar-refractivity contribution in [3.63, 3.8) is 0 Å². The summed E-state index contributed by atoms with van der Waals surface area (Å²) in [6, 6.07) is 16.1. The summed E-state index contributed by atoms with van der Waals surface area (Å²) in [5, 5.41) is 0. The minimum absolute atomic E-state index is 0.430. The predicted molar refractivity (Wildman–Crippen MR) is 113 cm³/mol. The average Bonchev–Trinajstić information content (AvgIpc) is 2.85. The minimum atomic E-state index is 0.430. The van der Waals surface area contributed by atoms with Gasteiger partial charge in [0.25, 0.3) is 0 Å². The highest BCUT2D eigenvalue weighted by Gasteiger charge is 2.29. The van der Waals surface area contributed by atoms with Crippen LogP contribution >= 0.6 is 11.8 Å². The van der Waals surface area contributed by atoms with Crippen LogP contribution in [0.2, 0.25) is 0 Å². The molecule has 4 heteroatoms. The first-order valence-electron chi connectivity index (χ1n) is 10.2. The molecule has 0 radical (unpaired) electrons. The van der Waals surface area contributed by atoms with E-state index in [0.29, 0.717) is 6.04 Å². The van der Waals surface area contributed by atoms with Gasteiger partial charge >= 0.3 is 0 Å². The maximum atomic E-state index is 6.05. The molecule has 0 amide bonds. The third kappa shape index (κ3) is 4.34. The average molecular weight is 383 g/mol. The molecular formula is C23H30N2OS. The molecule has 2 aromatic rings. The summed E-state index contributed by atoms with van der Waals surface area (Å²) >= 11 is 1.92. The molecule has 1 saturated heterocycles. The van der Waals surface area contributed by atoms with Crippen molar-refractivity contribution in [1.82, 2.24) is 9.80 Å². The van der Waals surface area contributed by atoms with Gasteiger partial charge in [-0.2, -0.15) is 0 Å². The fraction of sp³-hybridized carbons (Fsp3) is 0.478. The summed E-state index contributed by atoms with van der Waals surface area (Å²) in [4.78, 5) is 7.89. The van der Waals surface area contributed by atoms with E-state index in [1.54, 1.807) is 0 Å². The van der Waals surface area contributed by atoms with Gasteiger partial charge in [0.1, 0.15) is 5.75 Å². The first-order chi connectivity index (χ1) is 13.2. The van der Waals surface area contributed by atoms with Crippen molar-refractivity contribution in [3.8, 4) is 5.75 Å². The fourth-order valence-corrected chi connectivity index (χ4v) is 5.09. The molecule has 2 aliphatic heterocycles. The normalized spacial score (nSPS) is 20.6. The van der Waals surface area contributed by atoms with Gasteiger partial charge in [0.05, 0.1) is 6.61 Å². The monoisotopic (exact) mass is 382 g/mol. The van der Waals surface area contributed by atoms with Gasteiger partial charge in [-0.05, 0) is 55.3 Å². The summed E-state index contributed by atoms with van der Waals surface area (Å²) in [6.45, 7) is 7.57. The molecule has 2 aromatic carbocycles. The third-order valence-electron chi connectivity index (χ3n) is 5.69. The zero-order valence-electron chi connectivity index (χ0n) is 16.5. The minimum Gasteiger partial charge on any atom is -0.494 e. The maximum Gasteiger partial charge on any atom is 0.119 e. The topological polar surface area (TPSA) is 15.7 Å². The van der Waals surface area contributed by atoms with Gasteiger partial charge in [-0.15, -0.1) is 0 Å². The SMILES string of the molecule is CCCCOc1ccc2c(c1)C(N1CCN(C)CC1)Cc1ccccc1S2. The lowest BCUT2D eigenvalue weighted by Crippen LogP contribution is -2.46. The smallest absolute Gasteiger partial charge is 0.119 e. The summed E-state index contributed by atoms with van der Waals surface area (Å²) < 4.78 is 6.05. The lowest BCUT2D eigenvalue weighted by atomic mass is 9.96. The number of hydrogen-bond acceptors (Lipinski definition) is 4. The molecule has 144 valence electrons. The van der Waals surface area contributed by atoms with Gasteiger partial charge in [-0.1, -0.05) is 43.3 Å². The zero-order chi connectivity index (χ0) is 18.6. The van der Waals surface area contributed by atoms with Crippen LogP contribution in [0.15, 0.2) is 52.3 Å². The van der Waals surface area contributed by atoms with Gasteiger partial charge in [-0.3, -0.25) is 4.90 Å². The quantitative estimate of drug-likeness (QED) is 0.686. The summed E-state index contributed by atoms with van der Waals surface area (Å²) in [5.41, 5.74) is 2.91. The van der Waals surface area contributed by atoms with Gasteiger partial charge in [-0.25, -0.2) is 0 Å².